The third-order valence-electron chi connectivity index (χ3n) is 4.74. The molecule has 2 aliphatic rings. The van der Waals surface area contributed by atoms with Crippen LogP contribution in [0.15, 0.2) is 23.1 Å². The Balaban J connectivity index is 1.87. The molecule has 0 radical (unpaired) electrons. The van der Waals surface area contributed by atoms with E-state index in [1.165, 1.54) is 12.8 Å². The van der Waals surface area contributed by atoms with Gasteiger partial charge in [0.25, 0.3) is 0 Å². The third kappa shape index (κ3) is 2.67. The summed E-state index contributed by atoms with van der Waals surface area (Å²) in [6.07, 6.45) is 3.53. The van der Waals surface area contributed by atoms with E-state index in [1.54, 1.807) is 29.4 Å². The quantitative estimate of drug-likeness (QED) is 0.840. The van der Waals surface area contributed by atoms with E-state index in [1.807, 2.05) is 0 Å². The number of benzene rings is 1. The van der Waals surface area contributed by atoms with Crippen molar-refractivity contribution < 1.29 is 8.42 Å². The van der Waals surface area contributed by atoms with Gasteiger partial charge in [0.2, 0.25) is 10.0 Å². The highest BCUT2D eigenvalue weighted by Crippen LogP contribution is 2.28. The number of hydrogen-bond acceptors (Lipinski definition) is 4. The highest BCUT2D eigenvalue weighted by molar-refractivity contribution is 7.89. The minimum atomic E-state index is -3.44. The van der Waals surface area contributed by atoms with Crippen LogP contribution in [0.5, 0.6) is 0 Å². The van der Waals surface area contributed by atoms with Gasteiger partial charge in [-0.05, 0) is 44.0 Å². The van der Waals surface area contributed by atoms with E-state index in [9.17, 15) is 8.42 Å². The maximum atomic E-state index is 12.9. The topological polar surface area (TPSA) is 66.6 Å². The predicted molar refractivity (Wildman–Crippen MR) is 83.6 cm³/mol. The van der Waals surface area contributed by atoms with Gasteiger partial charge in [0.1, 0.15) is 0 Å². The van der Waals surface area contributed by atoms with Crippen LogP contribution in [0, 0.1) is 6.92 Å². The van der Waals surface area contributed by atoms with Gasteiger partial charge >= 0.3 is 0 Å². The van der Waals surface area contributed by atoms with Crippen molar-refractivity contribution in [2.75, 3.05) is 31.9 Å². The molecular weight excluding hydrogens is 286 g/mol. The van der Waals surface area contributed by atoms with Gasteiger partial charge < -0.3 is 5.73 Å². The minimum Gasteiger partial charge on any atom is -0.398 e. The van der Waals surface area contributed by atoms with Gasteiger partial charge in [-0.1, -0.05) is 12.5 Å². The molecule has 0 amide bonds. The van der Waals surface area contributed by atoms with E-state index >= 15 is 0 Å². The van der Waals surface area contributed by atoms with Crippen molar-refractivity contribution in [3.63, 3.8) is 0 Å². The van der Waals surface area contributed by atoms with E-state index in [-0.39, 0.29) is 0 Å². The van der Waals surface area contributed by atoms with Crippen LogP contribution in [-0.4, -0.2) is 49.8 Å². The Kier molecular flexibility index (Phi) is 3.94. The Labute approximate surface area is 126 Å². The van der Waals surface area contributed by atoms with Crippen molar-refractivity contribution in [3.8, 4) is 0 Å². The van der Waals surface area contributed by atoms with Crippen molar-refractivity contribution in [1.29, 1.82) is 0 Å². The number of piperidine rings is 1. The third-order valence-corrected chi connectivity index (χ3v) is 6.75. The lowest BCUT2D eigenvalue weighted by Gasteiger charge is -2.43. The molecule has 116 valence electrons. The number of fused-ring (bicyclic) bond motifs is 1. The normalized spacial score (nSPS) is 24.7. The average Bonchev–Trinajstić information content (AvgIpc) is 2.49. The van der Waals surface area contributed by atoms with Crippen molar-refractivity contribution in [2.45, 2.75) is 37.1 Å². The highest BCUT2D eigenvalue weighted by Gasteiger charge is 2.35. The molecular formula is C15H23N3O2S. The fourth-order valence-corrected chi connectivity index (χ4v) is 5.12. The molecule has 0 aliphatic carbocycles. The predicted octanol–water partition coefficient (Wildman–Crippen LogP) is 1.44. The van der Waals surface area contributed by atoms with Crippen LogP contribution in [0.2, 0.25) is 0 Å². The van der Waals surface area contributed by atoms with Crippen molar-refractivity contribution >= 4 is 15.7 Å². The van der Waals surface area contributed by atoms with Crippen LogP contribution < -0.4 is 5.73 Å². The Hall–Kier alpha value is -1.11. The Morgan fingerprint density at radius 3 is 2.81 bits per heavy atom. The van der Waals surface area contributed by atoms with E-state index < -0.39 is 10.0 Å². The van der Waals surface area contributed by atoms with Gasteiger partial charge in [-0.3, -0.25) is 4.90 Å². The molecule has 21 heavy (non-hydrogen) atoms. The van der Waals surface area contributed by atoms with Crippen LogP contribution in [-0.2, 0) is 10.0 Å². The first kappa shape index (κ1) is 14.8. The number of sulfonamides is 1. The zero-order chi connectivity index (χ0) is 15.0. The second kappa shape index (κ2) is 5.59. The molecule has 0 aromatic heterocycles. The van der Waals surface area contributed by atoms with Crippen LogP contribution in [0.1, 0.15) is 24.8 Å². The molecule has 1 aromatic rings. The summed E-state index contributed by atoms with van der Waals surface area (Å²) >= 11 is 0. The van der Waals surface area contributed by atoms with E-state index in [0.717, 1.165) is 19.5 Å². The molecule has 1 atom stereocenters. The SMILES string of the molecule is Cc1c(N)cccc1S(=O)(=O)N1CCN2CCCCC2C1. The summed E-state index contributed by atoms with van der Waals surface area (Å²) < 4.78 is 27.4. The molecule has 1 unspecified atom stereocenters. The number of piperazine rings is 1. The zero-order valence-corrected chi connectivity index (χ0v) is 13.3. The number of nitrogen functional groups attached to an aromatic ring is 1. The van der Waals surface area contributed by atoms with Crippen molar-refractivity contribution in [3.05, 3.63) is 23.8 Å². The van der Waals surface area contributed by atoms with Crippen LogP contribution in [0.3, 0.4) is 0 Å². The average molecular weight is 309 g/mol. The van der Waals surface area contributed by atoms with Gasteiger partial charge in [-0.15, -0.1) is 0 Å². The summed E-state index contributed by atoms with van der Waals surface area (Å²) in [5.74, 6) is 0. The molecule has 2 N–H and O–H groups in total. The second-order valence-electron chi connectivity index (χ2n) is 6.02. The first-order valence-corrected chi connectivity index (χ1v) is 9.03. The maximum Gasteiger partial charge on any atom is 0.243 e. The standard InChI is InChI=1S/C15H23N3O2S/c1-12-14(16)6-4-7-15(12)21(19,20)18-10-9-17-8-3-2-5-13(17)11-18/h4,6-7,13H,2-3,5,8-11,16H2,1H3. The summed E-state index contributed by atoms with van der Waals surface area (Å²) in [4.78, 5) is 2.79. The second-order valence-corrected chi connectivity index (χ2v) is 7.93. The van der Waals surface area contributed by atoms with E-state index in [0.29, 0.717) is 35.3 Å². The van der Waals surface area contributed by atoms with Gasteiger partial charge in [0, 0.05) is 31.4 Å². The van der Waals surface area contributed by atoms with Gasteiger partial charge in [0.05, 0.1) is 4.90 Å². The van der Waals surface area contributed by atoms with Crippen LogP contribution in [0.4, 0.5) is 5.69 Å². The molecule has 2 aliphatic heterocycles. The molecule has 0 spiro atoms. The molecule has 1 aromatic carbocycles. The van der Waals surface area contributed by atoms with Crippen molar-refractivity contribution in [1.82, 2.24) is 9.21 Å². The monoisotopic (exact) mass is 309 g/mol. The molecule has 2 heterocycles. The maximum absolute atomic E-state index is 12.9. The number of hydrogen-bond donors (Lipinski definition) is 1. The Morgan fingerprint density at radius 2 is 2.00 bits per heavy atom. The lowest BCUT2D eigenvalue weighted by molar-refractivity contribution is 0.0851. The molecule has 3 rings (SSSR count). The lowest BCUT2D eigenvalue weighted by atomic mass is 10.0. The molecule has 6 heteroatoms. The molecule has 0 bridgehead atoms. The molecule has 2 saturated heterocycles. The van der Waals surface area contributed by atoms with Crippen LogP contribution >= 0.6 is 0 Å². The van der Waals surface area contributed by atoms with Crippen LogP contribution in [0.25, 0.3) is 0 Å². The fraction of sp³-hybridized carbons (Fsp3) is 0.600. The summed E-state index contributed by atoms with van der Waals surface area (Å²) in [6, 6.07) is 5.50. The largest absolute Gasteiger partial charge is 0.398 e. The molecule has 5 nitrogen and oxygen atoms in total. The Bertz CT molecular complexity index is 630. The number of rotatable bonds is 2. The summed E-state index contributed by atoms with van der Waals surface area (Å²) in [7, 11) is -3.44. The summed E-state index contributed by atoms with van der Waals surface area (Å²) in [5, 5.41) is 0. The zero-order valence-electron chi connectivity index (χ0n) is 12.5. The minimum absolute atomic E-state index is 0.353. The summed E-state index contributed by atoms with van der Waals surface area (Å²) in [6.45, 7) is 4.91. The smallest absolute Gasteiger partial charge is 0.243 e. The van der Waals surface area contributed by atoms with Gasteiger partial charge in [-0.2, -0.15) is 4.31 Å². The first-order chi connectivity index (χ1) is 10.00. The van der Waals surface area contributed by atoms with Crippen molar-refractivity contribution in [2.24, 2.45) is 0 Å². The van der Waals surface area contributed by atoms with E-state index in [2.05, 4.69) is 4.90 Å². The van der Waals surface area contributed by atoms with E-state index in [4.69, 9.17) is 5.73 Å². The lowest BCUT2D eigenvalue weighted by Crippen LogP contribution is -2.56. The molecule has 2 fully saturated rings. The summed E-state index contributed by atoms with van der Waals surface area (Å²) in [5.41, 5.74) is 7.05. The number of nitrogens with zero attached hydrogens (tertiary/aromatic N) is 2. The number of nitrogens with two attached hydrogens (primary N) is 1. The highest BCUT2D eigenvalue weighted by atomic mass is 32.2. The van der Waals surface area contributed by atoms with Gasteiger partial charge in [-0.25, -0.2) is 8.42 Å². The Morgan fingerprint density at radius 1 is 1.19 bits per heavy atom. The first-order valence-electron chi connectivity index (χ1n) is 7.59. The van der Waals surface area contributed by atoms with Gasteiger partial charge in [0.15, 0.2) is 0 Å². The molecule has 0 saturated carbocycles. The number of anilines is 1. The fourth-order valence-electron chi connectivity index (χ4n) is 3.40.